The van der Waals surface area contributed by atoms with Gasteiger partial charge in [0.2, 0.25) is 0 Å². The van der Waals surface area contributed by atoms with Gasteiger partial charge in [0.1, 0.15) is 11.6 Å². The van der Waals surface area contributed by atoms with Crippen LogP contribution in [0.2, 0.25) is 0 Å². The molecule has 1 saturated carbocycles. The number of hydrogen-bond acceptors (Lipinski definition) is 2. The SMILES string of the molecule is CN(C)C(c1ccccc1F)C1CCCCC1(O)CCc1ccc(F)cc1. The Balaban J connectivity index is 1.85. The number of rotatable bonds is 6. The highest BCUT2D eigenvalue weighted by Crippen LogP contribution is 2.46. The zero-order valence-electron chi connectivity index (χ0n) is 16.2. The molecule has 0 aliphatic heterocycles. The normalized spacial score (nSPS) is 24.1. The van der Waals surface area contributed by atoms with Crippen LogP contribution in [0.25, 0.3) is 0 Å². The highest BCUT2D eigenvalue weighted by Gasteiger charge is 2.44. The number of nitrogens with zero attached hydrogens (tertiary/aromatic N) is 1. The van der Waals surface area contributed by atoms with Crippen molar-refractivity contribution in [2.24, 2.45) is 5.92 Å². The molecule has 27 heavy (non-hydrogen) atoms. The molecule has 0 amide bonds. The molecule has 2 aromatic rings. The van der Waals surface area contributed by atoms with Crippen molar-refractivity contribution >= 4 is 0 Å². The van der Waals surface area contributed by atoms with Gasteiger partial charge in [-0.2, -0.15) is 0 Å². The average Bonchev–Trinajstić information content (AvgIpc) is 2.64. The molecule has 2 nitrogen and oxygen atoms in total. The average molecular weight is 373 g/mol. The van der Waals surface area contributed by atoms with Gasteiger partial charge in [0.15, 0.2) is 0 Å². The highest BCUT2D eigenvalue weighted by atomic mass is 19.1. The van der Waals surface area contributed by atoms with Crippen LogP contribution < -0.4 is 0 Å². The molecule has 2 aromatic carbocycles. The molecule has 0 bridgehead atoms. The van der Waals surface area contributed by atoms with Crippen LogP contribution in [0.3, 0.4) is 0 Å². The van der Waals surface area contributed by atoms with Gasteiger partial charge in [-0.25, -0.2) is 8.78 Å². The largest absolute Gasteiger partial charge is 0.390 e. The van der Waals surface area contributed by atoms with Crippen molar-refractivity contribution in [1.29, 1.82) is 0 Å². The summed E-state index contributed by atoms with van der Waals surface area (Å²) in [5.74, 6) is -0.513. The second-order valence-corrected chi connectivity index (χ2v) is 8.01. The van der Waals surface area contributed by atoms with Crippen molar-refractivity contribution in [3.05, 3.63) is 71.3 Å². The Bertz CT molecular complexity index is 746. The summed E-state index contributed by atoms with van der Waals surface area (Å²) < 4.78 is 27.7. The predicted molar refractivity (Wildman–Crippen MR) is 104 cm³/mol. The molecule has 1 aliphatic rings. The third-order valence-electron chi connectivity index (χ3n) is 5.99. The maximum atomic E-state index is 14.6. The van der Waals surface area contributed by atoms with Crippen molar-refractivity contribution in [3.8, 4) is 0 Å². The number of aliphatic hydroxyl groups is 1. The van der Waals surface area contributed by atoms with Crippen molar-refractivity contribution in [1.82, 2.24) is 4.90 Å². The summed E-state index contributed by atoms with van der Waals surface area (Å²) in [5.41, 5.74) is 0.806. The van der Waals surface area contributed by atoms with Gasteiger partial charge < -0.3 is 10.0 Å². The van der Waals surface area contributed by atoms with Gasteiger partial charge in [-0.1, -0.05) is 43.2 Å². The van der Waals surface area contributed by atoms with Gasteiger partial charge >= 0.3 is 0 Å². The number of aryl methyl sites for hydroxylation is 1. The lowest BCUT2D eigenvalue weighted by atomic mass is 9.67. The highest BCUT2D eigenvalue weighted by molar-refractivity contribution is 5.24. The van der Waals surface area contributed by atoms with E-state index in [1.807, 2.05) is 31.1 Å². The van der Waals surface area contributed by atoms with Gasteiger partial charge in [-0.05, 0) is 63.5 Å². The lowest BCUT2D eigenvalue weighted by molar-refractivity contribution is -0.0833. The van der Waals surface area contributed by atoms with E-state index in [2.05, 4.69) is 0 Å². The summed E-state index contributed by atoms with van der Waals surface area (Å²) in [6.45, 7) is 0. The number of hydrogen-bond donors (Lipinski definition) is 1. The fraction of sp³-hybridized carbons (Fsp3) is 0.478. The van der Waals surface area contributed by atoms with E-state index < -0.39 is 5.60 Å². The van der Waals surface area contributed by atoms with Crippen LogP contribution in [0.1, 0.15) is 49.3 Å². The summed E-state index contributed by atoms with van der Waals surface area (Å²) in [6, 6.07) is 13.2. The molecule has 0 heterocycles. The minimum Gasteiger partial charge on any atom is -0.390 e. The van der Waals surface area contributed by atoms with Gasteiger partial charge in [-0.15, -0.1) is 0 Å². The molecule has 0 aromatic heterocycles. The second-order valence-electron chi connectivity index (χ2n) is 8.01. The summed E-state index contributed by atoms with van der Waals surface area (Å²) in [6.07, 6.45) is 4.90. The Hall–Kier alpha value is -1.78. The fourth-order valence-electron chi connectivity index (χ4n) is 4.59. The standard InChI is InChI=1S/C23H29F2NO/c1-26(2)22(19-7-3-4-9-21(19)25)20-8-5-6-15-23(20,27)16-14-17-10-12-18(24)13-11-17/h3-4,7,9-13,20,22,27H,5-6,8,14-16H2,1-2H3. The summed E-state index contributed by atoms with van der Waals surface area (Å²) in [4.78, 5) is 2.03. The van der Waals surface area contributed by atoms with E-state index in [1.165, 1.54) is 18.2 Å². The molecule has 3 unspecified atom stereocenters. The lowest BCUT2D eigenvalue weighted by Crippen LogP contribution is -2.47. The van der Waals surface area contributed by atoms with Crippen molar-refractivity contribution in [2.75, 3.05) is 14.1 Å². The second kappa shape index (κ2) is 8.49. The maximum absolute atomic E-state index is 14.6. The molecular weight excluding hydrogens is 344 g/mol. The molecule has 4 heteroatoms. The monoisotopic (exact) mass is 373 g/mol. The van der Waals surface area contributed by atoms with E-state index >= 15 is 0 Å². The van der Waals surface area contributed by atoms with Crippen molar-refractivity contribution in [2.45, 2.75) is 50.2 Å². The van der Waals surface area contributed by atoms with Crippen LogP contribution in [-0.2, 0) is 6.42 Å². The topological polar surface area (TPSA) is 23.5 Å². The molecule has 146 valence electrons. The first-order chi connectivity index (χ1) is 12.9. The molecular formula is C23H29F2NO. The van der Waals surface area contributed by atoms with Gasteiger partial charge in [0.05, 0.1) is 5.60 Å². The maximum Gasteiger partial charge on any atom is 0.127 e. The molecule has 1 aliphatic carbocycles. The Kier molecular flexibility index (Phi) is 6.28. The van der Waals surface area contributed by atoms with E-state index in [0.29, 0.717) is 18.4 Å². The van der Waals surface area contributed by atoms with E-state index in [4.69, 9.17) is 0 Å². The van der Waals surface area contributed by atoms with Gasteiger partial charge in [0.25, 0.3) is 0 Å². The summed E-state index contributed by atoms with van der Waals surface area (Å²) in [5, 5.41) is 11.6. The Morgan fingerprint density at radius 1 is 1.07 bits per heavy atom. The minimum atomic E-state index is -0.857. The van der Waals surface area contributed by atoms with Gasteiger partial charge in [-0.3, -0.25) is 0 Å². The van der Waals surface area contributed by atoms with Crippen LogP contribution in [0.5, 0.6) is 0 Å². The van der Waals surface area contributed by atoms with E-state index in [0.717, 1.165) is 31.2 Å². The van der Waals surface area contributed by atoms with E-state index in [-0.39, 0.29) is 23.6 Å². The molecule has 1 fully saturated rings. The first kappa shape index (κ1) is 20.0. The van der Waals surface area contributed by atoms with Crippen LogP contribution in [0, 0.1) is 17.6 Å². The first-order valence-corrected chi connectivity index (χ1v) is 9.78. The molecule has 0 spiro atoms. The number of benzene rings is 2. The first-order valence-electron chi connectivity index (χ1n) is 9.78. The van der Waals surface area contributed by atoms with Crippen LogP contribution in [0.4, 0.5) is 8.78 Å². The summed E-state index contributed by atoms with van der Waals surface area (Å²) in [7, 11) is 3.90. The molecule has 1 N–H and O–H groups in total. The Morgan fingerprint density at radius 3 is 2.44 bits per heavy atom. The minimum absolute atomic E-state index is 0.0430. The predicted octanol–water partition coefficient (Wildman–Crippen LogP) is 5.12. The summed E-state index contributed by atoms with van der Waals surface area (Å²) >= 11 is 0. The zero-order chi connectivity index (χ0) is 19.4. The van der Waals surface area contributed by atoms with E-state index in [1.54, 1.807) is 18.2 Å². The van der Waals surface area contributed by atoms with Crippen LogP contribution >= 0.6 is 0 Å². The molecule has 0 saturated heterocycles. The zero-order valence-corrected chi connectivity index (χ0v) is 16.2. The molecule has 3 rings (SSSR count). The van der Waals surface area contributed by atoms with E-state index in [9.17, 15) is 13.9 Å². The Morgan fingerprint density at radius 2 is 1.78 bits per heavy atom. The van der Waals surface area contributed by atoms with Crippen molar-refractivity contribution in [3.63, 3.8) is 0 Å². The van der Waals surface area contributed by atoms with Crippen LogP contribution in [-0.4, -0.2) is 29.7 Å². The quantitative estimate of drug-likeness (QED) is 0.759. The van der Waals surface area contributed by atoms with Gasteiger partial charge in [0, 0.05) is 17.5 Å². The fourth-order valence-corrected chi connectivity index (χ4v) is 4.59. The third kappa shape index (κ3) is 4.56. The van der Waals surface area contributed by atoms with Crippen LogP contribution in [0.15, 0.2) is 48.5 Å². The van der Waals surface area contributed by atoms with Crippen molar-refractivity contribution < 1.29 is 13.9 Å². The number of halogens is 2. The third-order valence-corrected chi connectivity index (χ3v) is 5.99. The lowest BCUT2D eigenvalue weighted by Gasteiger charge is -2.46. The molecule has 3 atom stereocenters. The smallest absolute Gasteiger partial charge is 0.127 e. The molecule has 0 radical (unpaired) electrons. The Labute approximate surface area is 160 Å².